The van der Waals surface area contributed by atoms with Crippen molar-refractivity contribution < 1.29 is 18.9 Å². The van der Waals surface area contributed by atoms with Gasteiger partial charge in [-0.25, -0.2) is 0 Å². The van der Waals surface area contributed by atoms with Crippen molar-refractivity contribution in [2.75, 3.05) is 20.0 Å². The fraction of sp³-hybridized carbons (Fsp3) is 0.704. The van der Waals surface area contributed by atoms with Crippen LogP contribution in [0.3, 0.4) is 0 Å². The van der Waals surface area contributed by atoms with E-state index in [4.69, 9.17) is 18.9 Å². The monoisotopic (exact) mass is 434 g/mol. The van der Waals surface area contributed by atoms with Gasteiger partial charge in [-0.1, -0.05) is 82.7 Å². The van der Waals surface area contributed by atoms with Crippen molar-refractivity contribution in [2.45, 2.75) is 104 Å². The molecule has 0 saturated carbocycles. The van der Waals surface area contributed by atoms with Gasteiger partial charge in [-0.05, 0) is 50.2 Å². The molecule has 0 aliphatic rings. The minimum Gasteiger partial charge on any atom is -0.475 e. The van der Waals surface area contributed by atoms with Crippen molar-refractivity contribution in [3.05, 3.63) is 48.2 Å². The van der Waals surface area contributed by atoms with E-state index in [2.05, 4.69) is 19.9 Å². The first-order valence-electron chi connectivity index (χ1n) is 12.5. The molecule has 0 radical (unpaired) electrons. The van der Waals surface area contributed by atoms with Crippen molar-refractivity contribution in [3.63, 3.8) is 0 Å². The van der Waals surface area contributed by atoms with Gasteiger partial charge in [0.25, 0.3) is 0 Å². The van der Waals surface area contributed by atoms with E-state index in [1.54, 1.807) is 6.26 Å². The molecule has 1 aromatic rings. The predicted octanol–water partition coefficient (Wildman–Crippen LogP) is 7.77. The molecular formula is C27H46O4. The van der Waals surface area contributed by atoms with E-state index in [0.717, 1.165) is 57.3 Å². The van der Waals surface area contributed by atoms with E-state index in [-0.39, 0.29) is 13.1 Å². The minimum absolute atomic E-state index is 0.0464. The zero-order valence-electron chi connectivity index (χ0n) is 20.1. The maximum atomic E-state index is 6.02. The Bertz CT molecular complexity index is 489. The molecule has 1 rings (SSSR count). The Labute approximate surface area is 191 Å². The summed E-state index contributed by atoms with van der Waals surface area (Å²) in [5.41, 5.74) is 1.16. The van der Waals surface area contributed by atoms with Gasteiger partial charge in [-0.2, -0.15) is 0 Å². The largest absolute Gasteiger partial charge is 0.475 e. The zero-order valence-corrected chi connectivity index (χ0v) is 20.1. The van der Waals surface area contributed by atoms with Gasteiger partial charge >= 0.3 is 0 Å². The lowest BCUT2D eigenvalue weighted by Crippen LogP contribution is -2.19. The summed E-state index contributed by atoms with van der Waals surface area (Å²) in [6.07, 6.45) is 17.8. The van der Waals surface area contributed by atoms with Crippen molar-refractivity contribution in [1.82, 2.24) is 0 Å². The van der Waals surface area contributed by atoms with E-state index in [0.29, 0.717) is 6.61 Å². The molecule has 0 bridgehead atoms. The Morgan fingerprint density at radius 2 is 1.45 bits per heavy atom. The summed E-state index contributed by atoms with van der Waals surface area (Å²) in [5.74, 6) is 0. The smallest absolute Gasteiger partial charge is 0.188 e. The van der Waals surface area contributed by atoms with Crippen LogP contribution < -0.4 is 0 Å². The molecule has 0 spiro atoms. The third-order valence-electron chi connectivity index (χ3n) is 5.12. The van der Waals surface area contributed by atoms with Crippen molar-refractivity contribution in [1.29, 1.82) is 0 Å². The molecule has 0 aliphatic heterocycles. The highest BCUT2D eigenvalue weighted by atomic mass is 16.7. The van der Waals surface area contributed by atoms with Crippen LogP contribution in [0.4, 0.5) is 0 Å². The lowest BCUT2D eigenvalue weighted by atomic mass is 10.2. The molecule has 0 saturated heterocycles. The standard InChI is InChI=1S/C27H46O4/c1-3-5-7-16-22-30-27(31-23-17-8-6-4-2)20-14-9-10-15-21-28-25-29-24-26-18-12-11-13-19-26/h11-13,15,18-19,21,27H,3-10,14,16-17,20,22-25H2,1-2H3. The average molecular weight is 435 g/mol. The number of benzene rings is 1. The van der Waals surface area contributed by atoms with Gasteiger partial charge in [0.15, 0.2) is 13.1 Å². The van der Waals surface area contributed by atoms with E-state index >= 15 is 0 Å². The average Bonchev–Trinajstić information content (AvgIpc) is 2.80. The first kappa shape index (κ1) is 27.7. The number of unbranched alkanes of at least 4 members (excludes halogenated alkanes) is 8. The first-order valence-corrected chi connectivity index (χ1v) is 12.5. The number of hydrogen-bond donors (Lipinski definition) is 0. The predicted molar refractivity (Wildman–Crippen MR) is 129 cm³/mol. The number of hydrogen-bond acceptors (Lipinski definition) is 4. The molecule has 0 atom stereocenters. The molecule has 1 aromatic carbocycles. The van der Waals surface area contributed by atoms with Crippen LogP contribution in [-0.2, 0) is 25.6 Å². The molecule has 178 valence electrons. The highest BCUT2D eigenvalue weighted by Crippen LogP contribution is 2.12. The van der Waals surface area contributed by atoms with Crippen molar-refractivity contribution in [3.8, 4) is 0 Å². The molecule has 0 fully saturated rings. The van der Waals surface area contributed by atoms with Crippen LogP contribution in [0.5, 0.6) is 0 Å². The third kappa shape index (κ3) is 18.0. The van der Waals surface area contributed by atoms with E-state index in [1.165, 1.54) is 38.5 Å². The van der Waals surface area contributed by atoms with Gasteiger partial charge in [0, 0.05) is 13.2 Å². The Kier molecular flexibility index (Phi) is 19.5. The summed E-state index contributed by atoms with van der Waals surface area (Å²) in [5, 5.41) is 0. The fourth-order valence-corrected chi connectivity index (χ4v) is 3.23. The number of allylic oxidation sites excluding steroid dienone is 1. The van der Waals surface area contributed by atoms with Crippen LogP contribution in [0.1, 0.15) is 96.5 Å². The summed E-state index contributed by atoms with van der Waals surface area (Å²) in [6.45, 7) is 6.96. The maximum absolute atomic E-state index is 6.02. The van der Waals surface area contributed by atoms with Crippen LogP contribution in [0.25, 0.3) is 0 Å². The second kappa shape index (κ2) is 21.9. The molecule has 0 amide bonds. The zero-order chi connectivity index (χ0) is 22.2. The van der Waals surface area contributed by atoms with Gasteiger partial charge in [0.1, 0.15) is 0 Å². The number of ether oxygens (including phenoxy) is 4. The van der Waals surface area contributed by atoms with Gasteiger partial charge in [-0.3, -0.25) is 0 Å². The first-order chi connectivity index (χ1) is 15.4. The summed E-state index contributed by atoms with van der Waals surface area (Å²) in [7, 11) is 0. The van der Waals surface area contributed by atoms with Crippen LogP contribution in [0.2, 0.25) is 0 Å². The highest BCUT2D eigenvalue weighted by Gasteiger charge is 2.09. The summed E-state index contributed by atoms with van der Waals surface area (Å²) in [4.78, 5) is 0. The summed E-state index contributed by atoms with van der Waals surface area (Å²) in [6, 6.07) is 10.1. The van der Waals surface area contributed by atoms with Crippen LogP contribution in [0.15, 0.2) is 42.7 Å². The van der Waals surface area contributed by atoms with Crippen LogP contribution in [-0.4, -0.2) is 26.3 Å². The SMILES string of the molecule is CCCCCCOC(CCCCC=COCOCc1ccccc1)OCCCCCC. The summed E-state index contributed by atoms with van der Waals surface area (Å²) < 4.78 is 22.9. The van der Waals surface area contributed by atoms with E-state index in [9.17, 15) is 0 Å². The lowest BCUT2D eigenvalue weighted by Gasteiger charge is -2.18. The quantitative estimate of drug-likeness (QED) is 0.106. The van der Waals surface area contributed by atoms with E-state index in [1.807, 2.05) is 30.3 Å². The molecular weight excluding hydrogens is 388 g/mol. The van der Waals surface area contributed by atoms with Gasteiger partial charge in [0.2, 0.25) is 0 Å². The molecule has 0 unspecified atom stereocenters. The molecule has 31 heavy (non-hydrogen) atoms. The Balaban J connectivity index is 2.06. The van der Waals surface area contributed by atoms with Crippen LogP contribution >= 0.6 is 0 Å². The van der Waals surface area contributed by atoms with Gasteiger partial charge in [0.05, 0.1) is 12.9 Å². The Hall–Kier alpha value is -1.36. The lowest BCUT2D eigenvalue weighted by molar-refractivity contribution is -0.148. The molecule has 0 heterocycles. The van der Waals surface area contributed by atoms with Gasteiger partial charge < -0.3 is 18.9 Å². The topological polar surface area (TPSA) is 36.9 Å². The third-order valence-corrected chi connectivity index (χ3v) is 5.12. The van der Waals surface area contributed by atoms with Crippen LogP contribution in [0, 0.1) is 0 Å². The van der Waals surface area contributed by atoms with Crippen molar-refractivity contribution >= 4 is 0 Å². The van der Waals surface area contributed by atoms with Crippen molar-refractivity contribution in [2.24, 2.45) is 0 Å². The van der Waals surface area contributed by atoms with Gasteiger partial charge in [-0.15, -0.1) is 0 Å². The molecule has 0 N–H and O–H groups in total. The molecule has 0 aromatic heterocycles. The molecule has 4 heteroatoms. The normalized spacial score (nSPS) is 11.6. The molecule has 0 aliphatic carbocycles. The minimum atomic E-state index is -0.0464. The second-order valence-corrected chi connectivity index (χ2v) is 8.07. The highest BCUT2D eigenvalue weighted by molar-refractivity contribution is 5.13. The van der Waals surface area contributed by atoms with E-state index < -0.39 is 0 Å². The molecule has 4 nitrogen and oxygen atoms in total. The Morgan fingerprint density at radius 3 is 2.10 bits per heavy atom. The Morgan fingerprint density at radius 1 is 0.774 bits per heavy atom. The number of rotatable bonds is 22. The maximum Gasteiger partial charge on any atom is 0.188 e. The fourth-order valence-electron chi connectivity index (χ4n) is 3.23. The summed E-state index contributed by atoms with van der Waals surface area (Å²) >= 11 is 0. The second-order valence-electron chi connectivity index (χ2n) is 8.07.